The number of carbonyl (C=O) groups is 2. The van der Waals surface area contributed by atoms with Gasteiger partial charge in [-0.1, -0.05) is 13.0 Å². The third kappa shape index (κ3) is 6.14. The van der Waals surface area contributed by atoms with Crippen molar-refractivity contribution in [1.82, 2.24) is 10.6 Å². The van der Waals surface area contributed by atoms with Crippen molar-refractivity contribution in [2.75, 3.05) is 13.1 Å². The van der Waals surface area contributed by atoms with Gasteiger partial charge in [-0.15, -0.1) is 12.4 Å². The van der Waals surface area contributed by atoms with Crippen molar-refractivity contribution in [3.8, 4) is 0 Å². The van der Waals surface area contributed by atoms with E-state index in [1.807, 2.05) is 20.8 Å². The lowest BCUT2D eigenvalue weighted by Gasteiger charge is -2.24. The number of benzene rings is 1. The zero-order valence-corrected chi connectivity index (χ0v) is 13.5. The van der Waals surface area contributed by atoms with Crippen molar-refractivity contribution in [3.63, 3.8) is 0 Å². The fraction of sp³-hybridized carbons (Fsp3) is 0.467. The topological polar surface area (TPSA) is 84.2 Å². The molecule has 1 aromatic carbocycles. The maximum atomic E-state index is 12.1. The molecule has 118 valence electrons. The summed E-state index contributed by atoms with van der Waals surface area (Å²) < 4.78 is 0. The van der Waals surface area contributed by atoms with E-state index in [9.17, 15) is 9.59 Å². The molecule has 0 aliphatic rings. The van der Waals surface area contributed by atoms with E-state index in [1.54, 1.807) is 24.3 Å². The highest BCUT2D eigenvalue weighted by molar-refractivity contribution is 5.99. The van der Waals surface area contributed by atoms with Gasteiger partial charge in [-0.25, -0.2) is 0 Å². The predicted octanol–water partition coefficient (Wildman–Crippen LogP) is 1.72. The summed E-state index contributed by atoms with van der Waals surface area (Å²) in [4.78, 5) is 24.0. The van der Waals surface area contributed by atoms with Gasteiger partial charge in [0.2, 0.25) is 0 Å². The van der Waals surface area contributed by atoms with Crippen LogP contribution in [0.2, 0.25) is 0 Å². The van der Waals surface area contributed by atoms with Crippen LogP contribution >= 0.6 is 12.4 Å². The Bertz CT molecular complexity index is 490. The summed E-state index contributed by atoms with van der Waals surface area (Å²) >= 11 is 0. The van der Waals surface area contributed by atoms with Crippen LogP contribution in [0.5, 0.6) is 0 Å². The SMILES string of the molecule is CCCNC(=O)c1cccc(C(=O)NC(C)(C)CN)c1.Cl. The molecule has 0 atom stereocenters. The first kappa shape index (κ1) is 19.4. The lowest BCUT2D eigenvalue weighted by molar-refractivity contribution is 0.0915. The number of halogens is 1. The van der Waals surface area contributed by atoms with E-state index in [-0.39, 0.29) is 24.2 Å². The minimum absolute atomic E-state index is 0. The molecule has 2 amide bonds. The van der Waals surface area contributed by atoms with Gasteiger partial charge in [0.05, 0.1) is 0 Å². The second-order valence-corrected chi connectivity index (χ2v) is 5.38. The standard InChI is InChI=1S/C15H23N3O2.ClH/c1-4-8-17-13(19)11-6-5-7-12(9-11)14(20)18-15(2,3)10-16;/h5-7,9H,4,8,10,16H2,1-3H3,(H,17,19)(H,18,20);1H. The fourth-order valence-corrected chi connectivity index (χ4v) is 1.57. The Balaban J connectivity index is 0.00000400. The second-order valence-electron chi connectivity index (χ2n) is 5.38. The second kappa shape index (κ2) is 8.64. The predicted molar refractivity (Wildman–Crippen MR) is 86.9 cm³/mol. The van der Waals surface area contributed by atoms with Gasteiger partial charge in [-0.2, -0.15) is 0 Å². The number of amides is 2. The number of carbonyl (C=O) groups excluding carboxylic acids is 2. The minimum atomic E-state index is -0.475. The number of nitrogens with one attached hydrogen (secondary N) is 2. The Morgan fingerprint density at radius 2 is 1.76 bits per heavy atom. The lowest BCUT2D eigenvalue weighted by Crippen LogP contribution is -2.48. The summed E-state index contributed by atoms with van der Waals surface area (Å²) in [6, 6.07) is 6.66. The van der Waals surface area contributed by atoms with E-state index in [0.29, 0.717) is 24.2 Å². The first-order valence-corrected chi connectivity index (χ1v) is 6.80. The van der Waals surface area contributed by atoms with Gasteiger partial charge in [0, 0.05) is 29.8 Å². The number of nitrogens with two attached hydrogens (primary N) is 1. The molecule has 4 N–H and O–H groups in total. The summed E-state index contributed by atoms with van der Waals surface area (Å²) in [5.41, 5.74) is 6.05. The van der Waals surface area contributed by atoms with Gasteiger partial charge in [-0.05, 0) is 38.5 Å². The van der Waals surface area contributed by atoms with Crippen molar-refractivity contribution in [2.24, 2.45) is 5.73 Å². The number of hydrogen-bond acceptors (Lipinski definition) is 3. The van der Waals surface area contributed by atoms with Gasteiger partial charge in [0.25, 0.3) is 11.8 Å². The van der Waals surface area contributed by atoms with E-state index in [4.69, 9.17) is 5.73 Å². The van der Waals surface area contributed by atoms with Crippen molar-refractivity contribution >= 4 is 24.2 Å². The van der Waals surface area contributed by atoms with Crippen molar-refractivity contribution in [1.29, 1.82) is 0 Å². The van der Waals surface area contributed by atoms with Crippen LogP contribution in [0.25, 0.3) is 0 Å². The van der Waals surface area contributed by atoms with Crippen LogP contribution in [0, 0.1) is 0 Å². The first-order chi connectivity index (χ1) is 9.39. The summed E-state index contributed by atoms with van der Waals surface area (Å²) in [5.74, 6) is -0.398. The average Bonchev–Trinajstić information content (AvgIpc) is 2.44. The summed E-state index contributed by atoms with van der Waals surface area (Å²) in [6.07, 6.45) is 0.872. The minimum Gasteiger partial charge on any atom is -0.352 e. The molecule has 0 spiro atoms. The van der Waals surface area contributed by atoms with Crippen LogP contribution in [0.3, 0.4) is 0 Å². The molecule has 0 bridgehead atoms. The van der Waals surface area contributed by atoms with Gasteiger partial charge >= 0.3 is 0 Å². The lowest BCUT2D eigenvalue weighted by atomic mass is 10.0. The zero-order valence-electron chi connectivity index (χ0n) is 12.7. The van der Waals surface area contributed by atoms with Crippen molar-refractivity contribution in [3.05, 3.63) is 35.4 Å². The molecule has 0 saturated carbocycles. The Hall–Kier alpha value is -1.59. The molecule has 0 radical (unpaired) electrons. The number of rotatable bonds is 6. The average molecular weight is 314 g/mol. The maximum Gasteiger partial charge on any atom is 0.251 e. The van der Waals surface area contributed by atoms with Crippen LogP contribution in [0.4, 0.5) is 0 Å². The van der Waals surface area contributed by atoms with Gasteiger partial charge in [0.1, 0.15) is 0 Å². The molecule has 0 fully saturated rings. The third-order valence-electron chi connectivity index (χ3n) is 2.88. The molecule has 21 heavy (non-hydrogen) atoms. The van der Waals surface area contributed by atoms with E-state index < -0.39 is 5.54 Å². The highest BCUT2D eigenvalue weighted by Gasteiger charge is 2.19. The van der Waals surface area contributed by atoms with E-state index in [2.05, 4.69) is 10.6 Å². The van der Waals surface area contributed by atoms with Crippen LogP contribution in [-0.4, -0.2) is 30.4 Å². The molecular formula is C15H24ClN3O2. The van der Waals surface area contributed by atoms with Gasteiger partial charge in [-0.3, -0.25) is 9.59 Å². The van der Waals surface area contributed by atoms with Crippen molar-refractivity contribution in [2.45, 2.75) is 32.7 Å². The summed E-state index contributed by atoms with van der Waals surface area (Å²) in [6.45, 7) is 6.65. The Kier molecular flexibility index (Phi) is 7.99. The Morgan fingerprint density at radius 3 is 2.29 bits per heavy atom. The van der Waals surface area contributed by atoms with Crippen LogP contribution < -0.4 is 16.4 Å². The molecule has 0 aromatic heterocycles. The molecule has 0 aliphatic carbocycles. The molecule has 6 heteroatoms. The van der Waals surface area contributed by atoms with E-state index in [1.165, 1.54) is 0 Å². The normalized spacial score (nSPS) is 10.5. The monoisotopic (exact) mass is 313 g/mol. The Morgan fingerprint density at radius 1 is 1.19 bits per heavy atom. The van der Waals surface area contributed by atoms with E-state index in [0.717, 1.165) is 6.42 Å². The maximum absolute atomic E-state index is 12.1. The van der Waals surface area contributed by atoms with Crippen LogP contribution in [0.1, 0.15) is 47.9 Å². The van der Waals surface area contributed by atoms with Gasteiger partial charge < -0.3 is 16.4 Å². The highest BCUT2D eigenvalue weighted by atomic mass is 35.5. The molecular weight excluding hydrogens is 290 g/mol. The molecule has 5 nitrogen and oxygen atoms in total. The molecule has 0 unspecified atom stereocenters. The molecule has 0 saturated heterocycles. The van der Waals surface area contributed by atoms with Crippen LogP contribution in [0.15, 0.2) is 24.3 Å². The zero-order chi connectivity index (χ0) is 15.2. The highest BCUT2D eigenvalue weighted by Crippen LogP contribution is 2.08. The smallest absolute Gasteiger partial charge is 0.251 e. The van der Waals surface area contributed by atoms with Gasteiger partial charge in [0.15, 0.2) is 0 Å². The molecule has 0 aliphatic heterocycles. The molecule has 1 aromatic rings. The van der Waals surface area contributed by atoms with E-state index >= 15 is 0 Å². The number of hydrogen-bond donors (Lipinski definition) is 3. The fourth-order valence-electron chi connectivity index (χ4n) is 1.57. The van der Waals surface area contributed by atoms with Crippen LogP contribution in [-0.2, 0) is 0 Å². The first-order valence-electron chi connectivity index (χ1n) is 6.80. The van der Waals surface area contributed by atoms with Crippen molar-refractivity contribution < 1.29 is 9.59 Å². The molecule has 0 heterocycles. The largest absolute Gasteiger partial charge is 0.352 e. The molecule has 1 rings (SSSR count). The Labute approximate surface area is 132 Å². The summed E-state index contributed by atoms with van der Waals surface area (Å²) in [5, 5.41) is 5.62. The third-order valence-corrected chi connectivity index (χ3v) is 2.88. The quantitative estimate of drug-likeness (QED) is 0.747. The summed E-state index contributed by atoms with van der Waals surface area (Å²) in [7, 11) is 0.